The van der Waals surface area contributed by atoms with Gasteiger partial charge in [0.25, 0.3) is 0 Å². The van der Waals surface area contributed by atoms with E-state index in [-0.39, 0.29) is 0 Å². The van der Waals surface area contributed by atoms with E-state index in [0.29, 0.717) is 66.1 Å². The molecule has 1 saturated heterocycles. The molecule has 1 aromatic carbocycles. The maximum Gasteiger partial charge on any atom is 0.0701 e. The lowest BCUT2D eigenvalue weighted by molar-refractivity contribution is -0.0173. The molecule has 0 aromatic heterocycles. The zero-order valence-corrected chi connectivity index (χ0v) is 14.9. The van der Waals surface area contributed by atoms with Crippen molar-refractivity contribution in [1.82, 2.24) is 5.01 Å². The van der Waals surface area contributed by atoms with Gasteiger partial charge >= 0.3 is 0 Å². The van der Waals surface area contributed by atoms with Crippen LogP contribution in [0.2, 0.25) is 0 Å². The largest absolute Gasteiger partial charge is 0.378 e. The van der Waals surface area contributed by atoms with Crippen LogP contribution in [0.25, 0.3) is 0 Å². The zero-order chi connectivity index (χ0) is 17.4. The minimum atomic E-state index is 0.578. The van der Waals surface area contributed by atoms with Crippen LogP contribution < -0.4 is 5.43 Å². The number of para-hydroxylation sites is 1. The summed E-state index contributed by atoms with van der Waals surface area (Å²) in [5, 5.41) is 2.11. The van der Waals surface area contributed by atoms with Gasteiger partial charge in [-0.15, -0.1) is 0 Å². The Hall–Kier alpha value is -1.22. The third-order valence-electron chi connectivity index (χ3n) is 3.56. The van der Waals surface area contributed by atoms with Gasteiger partial charge in [0.15, 0.2) is 0 Å². The van der Waals surface area contributed by atoms with Crippen LogP contribution in [0.4, 0.5) is 5.69 Å². The van der Waals surface area contributed by atoms with Gasteiger partial charge < -0.3 is 29.1 Å². The van der Waals surface area contributed by atoms with Gasteiger partial charge in [0.1, 0.15) is 0 Å². The molecule has 1 fully saturated rings. The van der Waals surface area contributed by atoms with Crippen molar-refractivity contribution in [3.05, 3.63) is 30.3 Å². The summed E-state index contributed by atoms with van der Waals surface area (Å²) < 4.78 is 27.6. The van der Waals surface area contributed by atoms with Gasteiger partial charge in [-0.05, 0) is 12.1 Å². The Morgan fingerprint density at radius 3 is 1.40 bits per heavy atom. The first-order valence-corrected chi connectivity index (χ1v) is 8.90. The first kappa shape index (κ1) is 20.1. The molecule has 0 bridgehead atoms. The van der Waals surface area contributed by atoms with Gasteiger partial charge in [-0.1, -0.05) is 18.2 Å². The van der Waals surface area contributed by atoms with Crippen LogP contribution in [0.3, 0.4) is 0 Å². The molecule has 142 valence electrons. The molecule has 1 N–H and O–H groups in total. The van der Waals surface area contributed by atoms with Gasteiger partial charge in [0.2, 0.25) is 0 Å². The number of nitrogens with one attached hydrogen (secondary N) is 1. The Morgan fingerprint density at radius 1 is 0.560 bits per heavy atom. The minimum Gasteiger partial charge on any atom is -0.378 e. The fraction of sp³-hybridized carbons (Fsp3) is 0.667. The van der Waals surface area contributed by atoms with Crippen molar-refractivity contribution < 1.29 is 23.7 Å². The lowest BCUT2D eigenvalue weighted by Crippen LogP contribution is -2.36. The van der Waals surface area contributed by atoms with E-state index in [1.54, 1.807) is 0 Å². The summed E-state index contributed by atoms with van der Waals surface area (Å²) in [5.74, 6) is 0. The van der Waals surface area contributed by atoms with E-state index in [0.717, 1.165) is 18.8 Å². The molecule has 0 aliphatic carbocycles. The Kier molecular flexibility index (Phi) is 11.3. The van der Waals surface area contributed by atoms with E-state index in [1.807, 2.05) is 30.3 Å². The topological polar surface area (TPSA) is 61.4 Å². The van der Waals surface area contributed by atoms with Gasteiger partial charge in [-0.2, -0.15) is 0 Å². The average Bonchev–Trinajstić information content (AvgIpc) is 2.64. The summed E-state index contributed by atoms with van der Waals surface area (Å²) in [6, 6.07) is 10.1. The molecular weight excluding hydrogens is 324 g/mol. The van der Waals surface area contributed by atoms with Crippen molar-refractivity contribution in [3.63, 3.8) is 0 Å². The third kappa shape index (κ3) is 10.4. The molecule has 1 aliphatic heterocycles. The van der Waals surface area contributed by atoms with Crippen LogP contribution in [-0.4, -0.2) is 84.2 Å². The second-order valence-corrected chi connectivity index (χ2v) is 5.53. The molecule has 25 heavy (non-hydrogen) atoms. The Morgan fingerprint density at radius 2 is 0.960 bits per heavy atom. The predicted octanol–water partition coefficient (Wildman–Crippen LogP) is 1.41. The maximum atomic E-state index is 5.64. The molecule has 0 radical (unpaired) electrons. The van der Waals surface area contributed by atoms with Crippen LogP contribution in [0.15, 0.2) is 30.3 Å². The molecule has 0 spiro atoms. The van der Waals surface area contributed by atoms with Crippen molar-refractivity contribution in [2.75, 3.05) is 84.6 Å². The van der Waals surface area contributed by atoms with Crippen LogP contribution >= 0.6 is 0 Å². The number of ether oxygens (including phenoxy) is 5. The van der Waals surface area contributed by atoms with E-state index >= 15 is 0 Å². The van der Waals surface area contributed by atoms with Crippen molar-refractivity contribution >= 4 is 5.69 Å². The van der Waals surface area contributed by atoms with Gasteiger partial charge in [-0.3, -0.25) is 0 Å². The molecule has 0 unspecified atom stereocenters. The summed E-state index contributed by atoms with van der Waals surface area (Å²) in [7, 11) is 0. The first-order chi connectivity index (χ1) is 12.4. The lowest BCUT2D eigenvalue weighted by Gasteiger charge is -2.24. The third-order valence-corrected chi connectivity index (χ3v) is 3.56. The van der Waals surface area contributed by atoms with Crippen LogP contribution in [0.1, 0.15) is 0 Å². The van der Waals surface area contributed by atoms with Gasteiger partial charge in [0.05, 0.1) is 66.1 Å². The molecule has 2 rings (SSSR count). The fourth-order valence-corrected chi connectivity index (χ4v) is 2.25. The maximum absolute atomic E-state index is 5.64. The van der Waals surface area contributed by atoms with Crippen molar-refractivity contribution in [2.24, 2.45) is 0 Å². The lowest BCUT2D eigenvalue weighted by atomic mass is 10.3. The summed E-state index contributed by atoms with van der Waals surface area (Å²) in [6.07, 6.45) is 0. The SMILES string of the molecule is c1ccc(NN2CCOCCOCCOCCOCCOCC2)cc1. The van der Waals surface area contributed by atoms with Crippen LogP contribution in [-0.2, 0) is 23.7 Å². The highest BCUT2D eigenvalue weighted by molar-refractivity contribution is 5.41. The van der Waals surface area contributed by atoms with Gasteiger partial charge in [0, 0.05) is 18.8 Å². The summed E-state index contributed by atoms with van der Waals surface area (Å²) in [4.78, 5) is 0. The number of anilines is 1. The fourth-order valence-electron chi connectivity index (χ4n) is 2.25. The highest BCUT2D eigenvalue weighted by Gasteiger charge is 2.05. The van der Waals surface area contributed by atoms with E-state index < -0.39 is 0 Å². The number of nitrogens with zero attached hydrogens (tertiary/aromatic N) is 1. The molecular formula is C18H30N2O5. The van der Waals surface area contributed by atoms with Crippen molar-refractivity contribution in [2.45, 2.75) is 0 Å². The smallest absolute Gasteiger partial charge is 0.0701 e. The molecule has 0 amide bonds. The van der Waals surface area contributed by atoms with Crippen molar-refractivity contribution in [1.29, 1.82) is 0 Å². The van der Waals surface area contributed by atoms with E-state index in [4.69, 9.17) is 23.7 Å². The molecule has 1 aliphatic rings. The Labute approximate surface area is 150 Å². The summed E-state index contributed by atoms with van der Waals surface area (Å²) >= 11 is 0. The van der Waals surface area contributed by atoms with E-state index in [1.165, 1.54) is 0 Å². The van der Waals surface area contributed by atoms with Gasteiger partial charge in [-0.25, -0.2) is 5.01 Å². The second-order valence-electron chi connectivity index (χ2n) is 5.53. The number of hydrogen-bond donors (Lipinski definition) is 1. The van der Waals surface area contributed by atoms with E-state index in [2.05, 4.69) is 10.4 Å². The molecule has 1 heterocycles. The highest BCUT2D eigenvalue weighted by atomic mass is 16.6. The molecule has 0 saturated carbocycles. The molecule has 1 aromatic rings. The Balaban J connectivity index is 1.73. The zero-order valence-electron chi connectivity index (χ0n) is 14.9. The number of hydrogen-bond acceptors (Lipinski definition) is 7. The molecule has 7 nitrogen and oxygen atoms in total. The monoisotopic (exact) mass is 354 g/mol. The Bertz CT molecular complexity index is 403. The first-order valence-electron chi connectivity index (χ1n) is 8.90. The predicted molar refractivity (Wildman–Crippen MR) is 95.7 cm³/mol. The van der Waals surface area contributed by atoms with Crippen molar-refractivity contribution in [3.8, 4) is 0 Å². The van der Waals surface area contributed by atoms with E-state index in [9.17, 15) is 0 Å². The quantitative estimate of drug-likeness (QED) is 0.862. The van der Waals surface area contributed by atoms with Crippen LogP contribution in [0.5, 0.6) is 0 Å². The normalized spacial score (nSPS) is 21.1. The average molecular weight is 354 g/mol. The molecule has 7 heteroatoms. The number of rotatable bonds is 2. The number of benzene rings is 1. The molecule has 0 atom stereocenters. The minimum absolute atomic E-state index is 0.578. The highest BCUT2D eigenvalue weighted by Crippen LogP contribution is 2.06. The standard InChI is InChI=1S/C18H30N2O5/c1-2-4-18(5-3-1)19-20-6-8-21-10-12-23-14-16-25-17-15-24-13-11-22-9-7-20/h1-5,19H,6-17H2. The second kappa shape index (κ2) is 14.0. The van der Waals surface area contributed by atoms with Crippen LogP contribution in [0, 0.1) is 0 Å². The summed E-state index contributed by atoms with van der Waals surface area (Å²) in [6.45, 7) is 7.41. The summed E-state index contributed by atoms with van der Waals surface area (Å²) in [5.41, 5.74) is 4.45. The number of hydrazine groups is 1.